The summed E-state index contributed by atoms with van der Waals surface area (Å²) in [6.45, 7) is 3.86. The van der Waals surface area contributed by atoms with Crippen LogP contribution >= 0.6 is 11.3 Å². The van der Waals surface area contributed by atoms with Crippen molar-refractivity contribution < 1.29 is 14.3 Å². The van der Waals surface area contributed by atoms with E-state index in [0.29, 0.717) is 31.9 Å². The first-order valence-corrected chi connectivity index (χ1v) is 10.4. The van der Waals surface area contributed by atoms with Gasteiger partial charge in [0.15, 0.2) is 0 Å². The lowest BCUT2D eigenvalue weighted by Gasteiger charge is -2.32. The van der Waals surface area contributed by atoms with E-state index in [0.717, 1.165) is 29.1 Å². The van der Waals surface area contributed by atoms with E-state index in [1.807, 2.05) is 18.4 Å². The van der Waals surface area contributed by atoms with Gasteiger partial charge in [0, 0.05) is 36.8 Å². The molecule has 0 spiro atoms. The SMILES string of the molecule is CCOCC(=O)N1CCCC(C(=O)NCc2nc(-c3ccc(C#N)nc3)cs2)C1. The maximum atomic E-state index is 12.6. The molecule has 152 valence electrons. The monoisotopic (exact) mass is 413 g/mol. The molecule has 1 aliphatic rings. The van der Waals surface area contributed by atoms with Crippen molar-refractivity contribution in [2.24, 2.45) is 5.92 Å². The number of nitriles is 1. The van der Waals surface area contributed by atoms with E-state index >= 15 is 0 Å². The molecule has 2 amide bonds. The first kappa shape index (κ1) is 20.9. The lowest BCUT2D eigenvalue weighted by molar-refractivity contribution is -0.139. The Morgan fingerprint density at radius 3 is 3.03 bits per heavy atom. The van der Waals surface area contributed by atoms with Crippen LogP contribution in [0.5, 0.6) is 0 Å². The highest BCUT2D eigenvalue weighted by Crippen LogP contribution is 2.22. The first-order valence-electron chi connectivity index (χ1n) is 9.55. The number of ether oxygens (including phenoxy) is 1. The lowest BCUT2D eigenvalue weighted by Crippen LogP contribution is -2.46. The zero-order chi connectivity index (χ0) is 20.6. The van der Waals surface area contributed by atoms with Crippen molar-refractivity contribution in [2.45, 2.75) is 26.3 Å². The number of carbonyl (C=O) groups is 2. The van der Waals surface area contributed by atoms with Crippen LogP contribution in [-0.4, -0.2) is 53.0 Å². The van der Waals surface area contributed by atoms with Crippen molar-refractivity contribution in [3.05, 3.63) is 34.4 Å². The molecule has 3 heterocycles. The molecule has 2 aromatic rings. The van der Waals surface area contributed by atoms with Crippen molar-refractivity contribution in [1.82, 2.24) is 20.2 Å². The standard InChI is InChI=1S/C20H23N5O3S/c1-2-28-12-19(26)25-7-3-4-15(11-25)20(27)23-10-18-24-17(13-29-18)14-5-6-16(8-21)22-9-14/h5-6,9,13,15H,2-4,7,10-12H2,1H3,(H,23,27). The Morgan fingerprint density at radius 1 is 1.45 bits per heavy atom. The van der Waals surface area contributed by atoms with Crippen LogP contribution in [0.2, 0.25) is 0 Å². The number of nitrogens with one attached hydrogen (secondary N) is 1. The third-order valence-corrected chi connectivity index (χ3v) is 5.56. The van der Waals surface area contributed by atoms with Crippen molar-refractivity contribution in [3.8, 4) is 17.3 Å². The summed E-state index contributed by atoms with van der Waals surface area (Å²) in [7, 11) is 0. The summed E-state index contributed by atoms with van der Waals surface area (Å²) in [6, 6.07) is 5.44. The summed E-state index contributed by atoms with van der Waals surface area (Å²) in [6.07, 6.45) is 3.19. The molecule has 1 saturated heterocycles. The number of piperidine rings is 1. The molecule has 1 aliphatic heterocycles. The van der Waals surface area contributed by atoms with Crippen molar-refractivity contribution >= 4 is 23.2 Å². The summed E-state index contributed by atoms with van der Waals surface area (Å²) < 4.78 is 5.18. The molecule has 0 saturated carbocycles. The Hall–Kier alpha value is -2.83. The Kier molecular flexibility index (Phi) is 7.27. The van der Waals surface area contributed by atoms with E-state index in [9.17, 15) is 9.59 Å². The van der Waals surface area contributed by atoms with Gasteiger partial charge in [-0.1, -0.05) is 0 Å². The minimum atomic E-state index is -0.212. The Labute approximate surface area is 173 Å². The van der Waals surface area contributed by atoms with E-state index in [1.165, 1.54) is 11.3 Å². The highest BCUT2D eigenvalue weighted by atomic mass is 32.1. The van der Waals surface area contributed by atoms with Gasteiger partial charge in [0.2, 0.25) is 11.8 Å². The molecular formula is C20H23N5O3S. The number of amides is 2. The van der Waals surface area contributed by atoms with Gasteiger partial charge < -0.3 is 15.0 Å². The van der Waals surface area contributed by atoms with Crippen LogP contribution in [0.4, 0.5) is 0 Å². The lowest BCUT2D eigenvalue weighted by atomic mass is 9.97. The van der Waals surface area contributed by atoms with Gasteiger partial charge in [-0.3, -0.25) is 9.59 Å². The number of aromatic nitrogens is 2. The van der Waals surface area contributed by atoms with Crippen molar-refractivity contribution in [1.29, 1.82) is 5.26 Å². The second kappa shape index (κ2) is 10.1. The predicted octanol–water partition coefficient (Wildman–Crippen LogP) is 1.97. The fraction of sp³-hybridized carbons (Fsp3) is 0.450. The number of hydrogen-bond donors (Lipinski definition) is 1. The zero-order valence-corrected chi connectivity index (χ0v) is 17.1. The van der Waals surface area contributed by atoms with E-state index in [1.54, 1.807) is 23.2 Å². The number of hydrogen-bond acceptors (Lipinski definition) is 7. The van der Waals surface area contributed by atoms with Gasteiger partial charge in [0.05, 0.1) is 18.2 Å². The molecule has 1 unspecified atom stereocenters. The van der Waals surface area contributed by atoms with E-state index < -0.39 is 0 Å². The number of carbonyl (C=O) groups excluding carboxylic acids is 2. The quantitative estimate of drug-likeness (QED) is 0.743. The van der Waals surface area contributed by atoms with Crippen LogP contribution in [0.25, 0.3) is 11.3 Å². The molecule has 8 nitrogen and oxygen atoms in total. The van der Waals surface area contributed by atoms with Gasteiger partial charge in [-0.15, -0.1) is 11.3 Å². The maximum absolute atomic E-state index is 12.6. The Morgan fingerprint density at radius 2 is 2.31 bits per heavy atom. The Bertz CT molecular complexity index is 890. The highest BCUT2D eigenvalue weighted by molar-refractivity contribution is 7.09. The summed E-state index contributed by atoms with van der Waals surface area (Å²) in [5.41, 5.74) is 1.95. The van der Waals surface area contributed by atoms with Gasteiger partial charge in [-0.25, -0.2) is 9.97 Å². The highest BCUT2D eigenvalue weighted by Gasteiger charge is 2.28. The summed E-state index contributed by atoms with van der Waals surface area (Å²) in [5, 5.41) is 14.5. The fourth-order valence-electron chi connectivity index (χ4n) is 3.14. The number of thiazole rings is 1. The molecule has 0 radical (unpaired) electrons. The molecule has 0 aliphatic carbocycles. The van der Waals surface area contributed by atoms with Crippen LogP contribution in [0.1, 0.15) is 30.5 Å². The van der Waals surface area contributed by atoms with Crippen LogP contribution in [0.15, 0.2) is 23.7 Å². The topological polar surface area (TPSA) is 108 Å². The van der Waals surface area contributed by atoms with Gasteiger partial charge in [0.1, 0.15) is 23.4 Å². The van der Waals surface area contributed by atoms with Gasteiger partial charge in [-0.2, -0.15) is 5.26 Å². The second-order valence-electron chi connectivity index (χ2n) is 6.70. The minimum absolute atomic E-state index is 0.0595. The zero-order valence-electron chi connectivity index (χ0n) is 16.3. The number of likely N-dealkylation sites (tertiary alicyclic amines) is 1. The molecule has 0 aromatic carbocycles. The third kappa shape index (κ3) is 5.59. The molecular weight excluding hydrogens is 390 g/mol. The van der Waals surface area contributed by atoms with E-state index in [4.69, 9.17) is 10.00 Å². The third-order valence-electron chi connectivity index (χ3n) is 4.71. The van der Waals surface area contributed by atoms with E-state index in [-0.39, 0.29) is 24.3 Å². The number of nitrogens with zero attached hydrogens (tertiary/aromatic N) is 4. The fourth-order valence-corrected chi connectivity index (χ4v) is 3.88. The molecule has 1 atom stereocenters. The maximum Gasteiger partial charge on any atom is 0.248 e. The summed E-state index contributed by atoms with van der Waals surface area (Å²) >= 11 is 1.46. The van der Waals surface area contributed by atoms with Gasteiger partial charge in [0.25, 0.3) is 0 Å². The number of rotatable bonds is 7. The van der Waals surface area contributed by atoms with E-state index in [2.05, 4.69) is 15.3 Å². The van der Waals surface area contributed by atoms with Crippen molar-refractivity contribution in [2.75, 3.05) is 26.3 Å². The average molecular weight is 414 g/mol. The Balaban J connectivity index is 1.52. The van der Waals surface area contributed by atoms with Crippen LogP contribution in [0.3, 0.4) is 0 Å². The molecule has 0 bridgehead atoms. The van der Waals surface area contributed by atoms with Crippen molar-refractivity contribution in [3.63, 3.8) is 0 Å². The van der Waals surface area contributed by atoms with Crippen LogP contribution in [0, 0.1) is 17.2 Å². The molecule has 2 aromatic heterocycles. The predicted molar refractivity (Wildman–Crippen MR) is 108 cm³/mol. The second-order valence-corrected chi connectivity index (χ2v) is 7.65. The van der Waals surface area contributed by atoms with Gasteiger partial charge >= 0.3 is 0 Å². The van der Waals surface area contributed by atoms with Crippen LogP contribution < -0.4 is 5.32 Å². The summed E-state index contributed by atoms with van der Waals surface area (Å²) in [5.74, 6) is -0.336. The first-order chi connectivity index (χ1) is 14.1. The minimum Gasteiger partial charge on any atom is -0.372 e. The molecule has 1 fully saturated rings. The van der Waals surface area contributed by atoms with Gasteiger partial charge in [-0.05, 0) is 31.9 Å². The average Bonchev–Trinajstić information content (AvgIpc) is 3.25. The smallest absolute Gasteiger partial charge is 0.248 e. The summed E-state index contributed by atoms with van der Waals surface area (Å²) in [4.78, 5) is 35.0. The normalized spacial score (nSPS) is 16.3. The molecule has 9 heteroatoms. The molecule has 29 heavy (non-hydrogen) atoms. The molecule has 3 rings (SSSR count). The largest absolute Gasteiger partial charge is 0.372 e. The number of pyridine rings is 1. The van der Waals surface area contributed by atoms with Crippen LogP contribution in [-0.2, 0) is 20.9 Å². The molecule has 1 N–H and O–H groups in total.